The van der Waals surface area contributed by atoms with Gasteiger partial charge in [0, 0.05) is 11.8 Å². The number of carbonyl (C=O) groups is 1. The molecule has 0 saturated heterocycles. The number of hydrogen-bond donors (Lipinski definition) is 1. The molecule has 0 atom stereocenters. The van der Waals surface area contributed by atoms with Gasteiger partial charge in [-0.25, -0.2) is 8.78 Å². The zero-order chi connectivity index (χ0) is 16.1. The highest BCUT2D eigenvalue weighted by molar-refractivity contribution is 5.92. The van der Waals surface area contributed by atoms with Crippen LogP contribution < -0.4 is 10.1 Å². The van der Waals surface area contributed by atoms with Crippen molar-refractivity contribution >= 4 is 11.6 Å². The number of ether oxygens (including phenoxy) is 1. The van der Waals surface area contributed by atoms with Gasteiger partial charge in [-0.2, -0.15) is 8.78 Å². The number of carbonyl (C=O) groups excluding carboxylic acids is 1. The summed E-state index contributed by atoms with van der Waals surface area (Å²) in [4.78, 5) is 11.8. The number of hydrogen-bond acceptors (Lipinski definition) is 2. The van der Waals surface area contributed by atoms with Gasteiger partial charge in [0.15, 0.2) is 11.6 Å². The highest BCUT2D eigenvalue weighted by Crippen LogP contribution is 2.16. The molecule has 22 heavy (non-hydrogen) atoms. The van der Waals surface area contributed by atoms with Crippen LogP contribution in [0.2, 0.25) is 0 Å². The maximum Gasteiger partial charge on any atom is 0.387 e. The van der Waals surface area contributed by atoms with Crippen molar-refractivity contribution in [1.29, 1.82) is 0 Å². The highest BCUT2D eigenvalue weighted by atomic mass is 19.3. The summed E-state index contributed by atoms with van der Waals surface area (Å²) in [7, 11) is 0. The summed E-state index contributed by atoms with van der Waals surface area (Å²) in [5, 5.41) is 2.41. The number of halogens is 4. The average molecular weight is 313 g/mol. The molecule has 0 fully saturated rings. The van der Waals surface area contributed by atoms with Gasteiger partial charge in [-0.1, -0.05) is 12.1 Å². The van der Waals surface area contributed by atoms with Crippen LogP contribution >= 0.6 is 0 Å². The lowest BCUT2D eigenvalue weighted by Gasteiger charge is -2.07. The maximum atomic E-state index is 13.0. The molecule has 0 heterocycles. The lowest BCUT2D eigenvalue weighted by atomic mass is 10.1. The predicted molar refractivity (Wildman–Crippen MR) is 71.8 cm³/mol. The predicted octanol–water partition coefficient (Wildman–Crippen LogP) is 3.75. The lowest BCUT2D eigenvalue weighted by molar-refractivity contribution is -0.115. The number of nitrogens with one attached hydrogen (secondary N) is 1. The number of anilines is 1. The van der Waals surface area contributed by atoms with Gasteiger partial charge in [-0.15, -0.1) is 0 Å². The van der Waals surface area contributed by atoms with Crippen LogP contribution in [0.1, 0.15) is 5.56 Å². The fourth-order valence-corrected chi connectivity index (χ4v) is 1.75. The first-order valence-corrected chi connectivity index (χ1v) is 6.22. The molecule has 2 rings (SSSR count). The van der Waals surface area contributed by atoms with Crippen molar-refractivity contribution in [3.63, 3.8) is 0 Å². The molecule has 2 aromatic carbocycles. The van der Waals surface area contributed by atoms with Crippen molar-refractivity contribution in [3.05, 3.63) is 59.7 Å². The third kappa shape index (κ3) is 4.47. The average Bonchev–Trinajstić information content (AvgIpc) is 2.44. The molecular weight excluding hydrogens is 302 g/mol. The standard InChI is InChI=1S/C15H11F4NO2/c16-12-6-3-10(8-13(12)17)20-14(21)7-9-1-4-11(5-2-9)22-15(18)19/h1-6,8,15H,7H2,(H,20,21). The van der Waals surface area contributed by atoms with E-state index in [0.717, 1.165) is 12.1 Å². The molecule has 116 valence electrons. The minimum Gasteiger partial charge on any atom is -0.435 e. The fourth-order valence-electron chi connectivity index (χ4n) is 1.75. The second kappa shape index (κ2) is 6.93. The van der Waals surface area contributed by atoms with Gasteiger partial charge in [-0.05, 0) is 29.8 Å². The largest absolute Gasteiger partial charge is 0.435 e. The van der Waals surface area contributed by atoms with E-state index in [1.54, 1.807) is 0 Å². The molecule has 0 aliphatic heterocycles. The van der Waals surface area contributed by atoms with Gasteiger partial charge in [0.2, 0.25) is 5.91 Å². The topological polar surface area (TPSA) is 38.3 Å². The Bertz CT molecular complexity index is 659. The molecular formula is C15H11F4NO2. The fraction of sp³-hybridized carbons (Fsp3) is 0.133. The zero-order valence-corrected chi connectivity index (χ0v) is 11.2. The van der Waals surface area contributed by atoms with Crippen molar-refractivity contribution in [3.8, 4) is 5.75 Å². The molecule has 0 spiro atoms. The monoisotopic (exact) mass is 313 g/mol. The minimum atomic E-state index is -2.91. The van der Waals surface area contributed by atoms with Gasteiger partial charge < -0.3 is 10.1 Å². The molecule has 1 amide bonds. The summed E-state index contributed by atoms with van der Waals surface area (Å²) < 4.78 is 53.9. The minimum absolute atomic E-state index is 0.0141. The molecule has 2 aromatic rings. The lowest BCUT2D eigenvalue weighted by Crippen LogP contribution is -2.14. The smallest absolute Gasteiger partial charge is 0.387 e. The molecule has 0 unspecified atom stereocenters. The van der Waals surface area contributed by atoms with Crippen LogP contribution in [-0.4, -0.2) is 12.5 Å². The zero-order valence-electron chi connectivity index (χ0n) is 11.2. The molecule has 0 saturated carbocycles. The summed E-state index contributed by atoms with van der Waals surface area (Å²) in [6.45, 7) is -2.91. The Labute approximate surface area is 123 Å². The Morgan fingerprint density at radius 3 is 2.32 bits per heavy atom. The second-order valence-corrected chi connectivity index (χ2v) is 4.38. The Balaban J connectivity index is 1.95. The first kappa shape index (κ1) is 15.8. The van der Waals surface area contributed by atoms with E-state index in [2.05, 4.69) is 10.1 Å². The number of benzene rings is 2. The Morgan fingerprint density at radius 2 is 1.73 bits per heavy atom. The molecule has 0 aliphatic rings. The van der Waals surface area contributed by atoms with Crippen LogP contribution in [0.4, 0.5) is 23.2 Å². The van der Waals surface area contributed by atoms with Crippen LogP contribution in [0.3, 0.4) is 0 Å². The molecule has 1 N–H and O–H groups in total. The van der Waals surface area contributed by atoms with Gasteiger partial charge in [0.05, 0.1) is 6.42 Å². The van der Waals surface area contributed by atoms with E-state index in [4.69, 9.17) is 0 Å². The summed E-state index contributed by atoms with van der Waals surface area (Å²) in [5.74, 6) is -2.53. The van der Waals surface area contributed by atoms with Gasteiger partial charge in [0.1, 0.15) is 5.75 Å². The third-order valence-corrected chi connectivity index (χ3v) is 2.72. The van der Waals surface area contributed by atoms with Crippen LogP contribution in [0, 0.1) is 11.6 Å². The first-order chi connectivity index (χ1) is 10.4. The van der Waals surface area contributed by atoms with Crippen LogP contribution in [0.15, 0.2) is 42.5 Å². The van der Waals surface area contributed by atoms with E-state index in [0.29, 0.717) is 5.56 Å². The van der Waals surface area contributed by atoms with Crippen LogP contribution in [0.25, 0.3) is 0 Å². The highest BCUT2D eigenvalue weighted by Gasteiger charge is 2.08. The van der Waals surface area contributed by atoms with Crippen molar-refractivity contribution in [2.45, 2.75) is 13.0 Å². The van der Waals surface area contributed by atoms with Crippen molar-refractivity contribution < 1.29 is 27.1 Å². The Morgan fingerprint density at radius 1 is 1.05 bits per heavy atom. The summed E-state index contributed by atoms with van der Waals surface area (Å²) >= 11 is 0. The molecule has 0 aliphatic carbocycles. The normalized spacial score (nSPS) is 10.6. The van der Waals surface area contributed by atoms with Crippen molar-refractivity contribution in [2.75, 3.05) is 5.32 Å². The van der Waals surface area contributed by atoms with E-state index in [-0.39, 0.29) is 17.9 Å². The van der Waals surface area contributed by atoms with Crippen molar-refractivity contribution in [1.82, 2.24) is 0 Å². The number of alkyl halides is 2. The molecule has 0 aromatic heterocycles. The summed E-state index contributed by atoms with van der Waals surface area (Å²) in [6.07, 6.45) is -0.0477. The van der Waals surface area contributed by atoms with Gasteiger partial charge in [0.25, 0.3) is 0 Å². The second-order valence-electron chi connectivity index (χ2n) is 4.38. The van der Waals surface area contributed by atoms with Crippen LogP contribution in [-0.2, 0) is 11.2 Å². The van der Waals surface area contributed by atoms with Crippen LogP contribution in [0.5, 0.6) is 5.75 Å². The Kier molecular flexibility index (Phi) is 4.98. The number of rotatable bonds is 5. The Hall–Kier alpha value is -2.57. The van der Waals surface area contributed by atoms with E-state index >= 15 is 0 Å². The molecule has 7 heteroatoms. The first-order valence-electron chi connectivity index (χ1n) is 6.22. The van der Waals surface area contributed by atoms with E-state index in [9.17, 15) is 22.4 Å². The molecule has 3 nitrogen and oxygen atoms in total. The summed E-state index contributed by atoms with van der Waals surface area (Å²) in [5.41, 5.74) is 0.684. The van der Waals surface area contributed by atoms with Gasteiger partial charge >= 0.3 is 6.61 Å². The van der Waals surface area contributed by atoms with E-state index < -0.39 is 24.2 Å². The van der Waals surface area contributed by atoms with Crippen molar-refractivity contribution in [2.24, 2.45) is 0 Å². The third-order valence-electron chi connectivity index (χ3n) is 2.72. The quantitative estimate of drug-likeness (QED) is 0.854. The molecule has 0 radical (unpaired) electrons. The summed E-state index contributed by atoms with van der Waals surface area (Å²) in [6, 6.07) is 8.55. The number of amides is 1. The van der Waals surface area contributed by atoms with E-state index in [1.807, 2.05) is 0 Å². The SMILES string of the molecule is O=C(Cc1ccc(OC(F)F)cc1)Nc1ccc(F)c(F)c1. The molecule has 0 bridgehead atoms. The van der Waals surface area contributed by atoms with Gasteiger partial charge in [-0.3, -0.25) is 4.79 Å². The van der Waals surface area contributed by atoms with E-state index in [1.165, 1.54) is 30.3 Å². The maximum absolute atomic E-state index is 13.0.